The molecule has 0 unspecified atom stereocenters. The van der Waals surface area contributed by atoms with Crippen molar-refractivity contribution in [2.75, 3.05) is 11.9 Å². The molecule has 0 atom stereocenters. The zero-order valence-electron chi connectivity index (χ0n) is 11.9. The second-order valence-corrected chi connectivity index (χ2v) is 5.87. The zero-order valence-corrected chi connectivity index (χ0v) is 11.9. The molecule has 0 saturated heterocycles. The molecule has 1 aromatic carbocycles. The molecule has 6 heteroatoms. The van der Waals surface area contributed by atoms with E-state index in [2.05, 4.69) is 12.2 Å². The summed E-state index contributed by atoms with van der Waals surface area (Å²) in [5.74, 6) is -3.39. The first-order chi connectivity index (χ1) is 9.88. The average Bonchev–Trinajstić information content (AvgIpc) is 2.46. The second-order valence-electron chi connectivity index (χ2n) is 5.87. The number of halogens is 3. The predicted molar refractivity (Wildman–Crippen MR) is 74.1 cm³/mol. The maximum absolute atomic E-state index is 13.6. The number of hydrogen-bond acceptors (Lipinski definition) is 2. The zero-order chi connectivity index (χ0) is 15.6. The van der Waals surface area contributed by atoms with Gasteiger partial charge in [0.2, 0.25) is 5.91 Å². The Morgan fingerprint density at radius 3 is 2.38 bits per heavy atom. The number of carbonyl (C=O) groups is 1. The van der Waals surface area contributed by atoms with Gasteiger partial charge < -0.3 is 11.1 Å². The molecule has 0 radical (unpaired) electrons. The Balaban J connectivity index is 2.18. The van der Waals surface area contributed by atoms with E-state index < -0.39 is 28.8 Å². The van der Waals surface area contributed by atoms with Crippen molar-refractivity contribution in [1.82, 2.24) is 0 Å². The molecule has 1 saturated carbocycles. The summed E-state index contributed by atoms with van der Waals surface area (Å²) >= 11 is 0. The molecule has 1 amide bonds. The number of benzene rings is 1. The van der Waals surface area contributed by atoms with Gasteiger partial charge in [0.1, 0.15) is 5.82 Å². The topological polar surface area (TPSA) is 55.1 Å². The summed E-state index contributed by atoms with van der Waals surface area (Å²) in [4.78, 5) is 12.4. The molecule has 1 aliphatic rings. The van der Waals surface area contributed by atoms with Crippen LogP contribution in [0.1, 0.15) is 32.6 Å². The van der Waals surface area contributed by atoms with E-state index >= 15 is 0 Å². The summed E-state index contributed by atoms with van der Waals surface area (Å²) in [7, 11) is 0. The van der Waals surface area contributed by atoms with Crippen LogP contribution in [0.5, 0.6) is 0 Å². The molecule has 3 nitrogen and oxygen atoms in total. The highest BCUT2D eigenvalue weighted by Gasteiger charge is 2.40. The summed E-state index contributed by atoms with van der Waals surface area (Å²) in [6, 6.07) is 1.07. The Kier molecular flexibility index (Phi) is 4.56. The summed E-state index contributed by atoms with van der Waals surface area (Å²) in [5, 5.41) is 2.35. The lowest BCUT2D eigenvalue weighted by Gasteiger charge is -2.37. The minimum Gasteiger partial charge on any atom is -0.329 e. The van der Waals surface area contributed by atoms with Gasteiger partial charge >= 0.3 is 0 Å². The number of anilines is 1. The Hall–Kier alpha value is -1.56. The molecule has 2 rings (SSSR count). The van der Waals surface area contributed by atoms with Crippen molar-refractivity contribution in [1.29, 1.82) is 0 Å². The van der Waals surface area contributed by atoms with E-state index in [1.54, 1.807) is 0 Å². The van der Waals surface area contributed by atoms with Crippen LogP contribution in [0.4, 0.5) is 18.9 Å². The highest BCUT2D eigenvalue weighted by atomic mass is 19.2. The lowest BCUT2D eigenvalue weighted by molar-refractivity contribution is -0.127. The third-order valence-corrected chi connectivity index (χ3v) is 4.36. The average molecular weight is 300 g/mol. The van der Waals surface area contributed by atoms with Gasteiger partial charge in [0, 0.05) is 18.7 Å². The van der Waals surface area contributed by atoms with Gasteiger partial charge in [-0.05, 0) is 31.6 Å². The highest BCUT2D eigenvalue weighted by molar-refractivity contribution is 5.95. The molecule has 0 bridgehead atoms. The van der Waals surface area contributed by atoms with Crippen LogP contribution < -0.4 is 11.1 Å². The van der Waals surface area contributed by atoms with Gasteiger partial charge in [-0.2, -0.15) is 0 Å². The summed E-state index contributed by atoms with van der Waals surface area (Å²) in [6.45, 7) is 2.25. The van der Waals surface area contributed by atoms with Gasteiger partial charge in [-0.3, -0.25) is 4.79 Å². The van der Waals surface area contributed by atoms with Crippen molar-refractivity contribution >= 4 is 11.6 Å². The van der Waals surface area contributed by atoms with Crippen LogP contribution in [0.2, 0.25) is 0 Å². The fraction of sp³-hybridized carbons (Fsp3) is 0.533. The van der Waals surface area contributed by atoms with Crippen molar-refractivity contribution in [2.24, 2.45) is 17.1 Å². The SMILES string of the molecule is CC1CCC(CN)(C(=O)Nc2cc(F)c(F)cc2F)CC1. The number of rotatable bonds is 3. The summed E-state index contributed by atoms with van der Waals surface area (Å²) < 4.78 is 39.6. The van der Waals surface area contributed by atoms with E-state index in [4.69, 9.17) is 5.73 Å². The molecule has 1 fully saturated rings. The number of amides is 1. The van der Waals surface area contributed by atoms with E-state index in [1.165, 1.54) is 0 Å². The number of hydrogen-bond donors (Lipinski definition) is 2. The first-order valence-corrected chi connectivity index (χ1v) is 7.04. The van der Waals surface area contributed by atoms with Crippen LogP contribution in [-0.4, -0.2) is 12.5 Å². The fourth-order valence-electron chi connectivity index (χ4n) is 2.71. The van der Waals surface area contributed by atoms with Crippen molar-refractivity contribution in [3.05, 3.63) is 29.6 Å². The van der Waals surface area contributed by atoms with Crippen LogP contribution >= 0.6 is 0 Å². The predicted octanol–water partition coefficient (Wildman–Crippen LogP) is 3.20. The molecule has 116 valence electrons. The molecule has 3 N–H and O–H groups in total. The Bertz CT molecular complexity index is 540. The smallest absolute Gasteiger partial charge is 0.231 e. The molecule has 1 aromatic rings. The first-order valence-electron chi connectivity index (χ1n) is 7.04. The molecule has 1 aliphatic carbocycles. The number of nitrogens with two attached hydrogens (primary N) is 1. The van der Waals surface area contributed by atoms with Crippen LogP contribution in [0.25, 0.3) is 0 Å². The quantitative estimate of drug-likeness (QED) is 0.842. The summed E-state index contributed by atoms with van der Waals surface area (Å²) in [6.07, 6.45) is 2.96. The van der Waals surface area contributed by atoms with Gasteiger partial charge in [0.05, 0.1) is 11.1 Å². The Labute approximate surface area is 121 Å². The number of carbonyl (C=O) groups excluding carboxylic acids is 1. The summed E-state index contributed by atoms with van der Waals surface area (Å²) in [5.41, 5.74) is 4.63. The second kappa shape index (κ2) is 6.05. The molecule has 0 aliphatic heterocycles. The molecule has 0 heterocycles. The molecular formula is C15H19F3N2O. The van der Waals surface area contributed by atoms with E-state index in [0.29, 0.717) is 30.9 Å². The van der Waals surface area contributed by atoms with Crippen molar-refractivity contribution in [3.63, 3.8) is 0 Å². The van der Waals surface area contributed by atoms with Crippen molar-refractivity contribution in [2.45, 2.75) is 32.6 Å². The third kappa shape index (κ3) is 3.20. The molecular weight excluding hydrogens is 281 g/mol. The van der Waals surface area contributed by atoms with E-state index in [1.807, 2.05) is 0 Å². The lowest BCUT2D eigenvalue weighted by atomic mass is 9.70. The standard InChI is InChI=1S/C15H19F3N2O/c1-9-2-4-15(8-19,5-3-9)14(21)20-13-7-11(17)10(16)6-12(13)18/h6-7,9H,2-5,8,19H2,1H3,(H,20,21). The van der Waals surface area contributed by atoms with Gasteiger partial charge in [-0.25, -0.2) is 13.2 Å². The Morgan fingerprint density at radius 2 is 1.81 bits per heavy atom. The van der Waals surface area contributed by atoms with Crippen LogP contribution in [0.3, 0.4) is 0 Å². The molecule has 0 aromatic heterocycles. The lowest BCUT2D eigenvalue weighted by Crippen LogP contribution is -2.45. The van der Waals surface area contributed by atoms with Gasteiger partial charge in [-0.15, -0.1) is 0 Å². The maximum atomic E-state index is 13.6. The maximum Gasteiger partial charge on any atom is 0.231 e. The molecule has 21 heavy (non-hydrogen) atoms. The fourth-order valence-corrected chi connectivity index (χ4v) is 2.71. The van der Waals surface area contributed by atoms with E-state index in [9.17, 15) is 18.0 Å². The van der Waals surface area contributed by atoms with Crippen molar-refractivity contribution in [3.8, 4) is 0 Å². The van der Waals surface area contributed by atoms with Gasteiger partial charge in [0.25, 0.3) is 0 Å². The van der Waals surface area contributed by atoms with Gasteiger partial charge in [0.15, 0.2) is 11.6 Å². The Morgan fingerprint density at radius 1 is 1.24 bits per heavy atom. The van der Waals surface area contributed by atoms with E-state index in [0.717, 1.165) is 12.8 Å². The monoisotopic (exact) mass is 300 g/mol. The van der Waals surface area contributed by atoms with Crippen LogP contribution in [-0.2, 0) is 4.79 Å². The number of nitrogens with one attached hydrogen (secondary N) is 1. The normalized spacial score (nSPS) is 25.7. The van der Waals surface area contributed by atoms with Crippen molar-refractivity contribution < 1.29 is 18.0 Å². The third-order valence-electron chi connectivity index (χ3n) is 4.36. The first kappa shape index (κ1) is 15.8. The van der Waals surface area contributed by atoms with E-state index in [-0.39, 0.29) is 12.2 Å². The highest BCUT2D eigenvalue weighted by Crippen LogP contribution is 2.39. The van der Waals surface area contributed by atoms with Gasteiger partial charge in [-0.1, -0.05) is 6.92 Å². The minimum atomic E-state index is -1.29. The van der Waals surface area contributed by atoms with Crippen LogP contribution in [0.15, 0.2) is 12.1 Å². The largest absolute Gasteiger partial charge is 0.329 e. The van der Waals surface area contributed by atoms with Crippen LogP contribution in [0, 0.1) is 28.8 Å². The minimum absolute atomic E-state index is 0.150. The molecule has 0 spiro atoms.